The maximum absolute atomic E-state index is 11.0. The Kier molecular flexibility index (Phi) is 5.34. The quantitative estimate of drug-likeness (QED) is 0.674. The number of amides is 1. The van der Waals surface area contributed by atoms with E-state index < -0.39 is 0 Å². The third-order valence-corrected chi connectivity index (χ3v) is 1.48. The number of hydrogen-bond donors (Lipinski definition) is 1. The summed E-state index contributed by atoms with van der Waals surface area (Å²) in [5, 5.41) is 2.55. The Morgan fingerprint density at radius 1 is 1.33 bits per heavy atom. The van der Waals surface area contributed by atoms with Gasteiger partial charge in [0.15, 0.2) is 0 Å². The predicted octanol–water partition coefficient (Wildman–Crippen LogP) is 1.13. The van der Waals surface area contributed by atoms with Crippen molar-refractivity contribution >= 4 is 11.7 Å². The molecule has 1 amide bonds. The summed E-state index contributed by atoms with van der Waals surface area (Å²) in [6.07, 6.45) is 1.40. The molecular formula is C9H17NO2. The molecule has 0 aromatic carbocycles. The molecule has 12 heavy (non-hydrogen) atoms. The molecule has 0 rings (SSSR count). The highest BCUT2D eigenvalue weighted by Gasteiger charge is 2.03. The van der Waals surface area contributed by atoms with Gasteiger partial charge in [-0.2, -0.15) is 0 Å². The molecule has 0 heterocycles. The van der Waals surface area contributed by atoms with Crippen molar-refractivity contribution < 1.29 is 9.59 Å². The molecule has 1 N–H and O–H groups in total. The van der Waals surface area contributed by atoms with Crippen molar-refractivity contribution in [2.24, 2.45) is 5.92 Å². The zero-order valence-corrected chi connectivity index (χ0v) is 8.02. The largest absolute Gasteiger partial charge is 0.349 e. The summed E-state index contributed by atoms with van der Waals surface area (Å²) in [4.78, 5) is 21.5. The summed E-state index contributed by atoms with van der Waals surface area (Å²) in [7, 11) is 0. The van der Waals surface area contributed by atoms with Crippen LogP contribution in [0.25, 0.3) is 0 Å². The van der Waals surface area contributed by atoms with Crippen LogP contribution in [0, 0.1) is 5.92 Å². The van der Waals surface area contributed by atoms with Crippen molar-refractivity contribution in [3.05, 3.63) is 0 Å². The molecule has 3 nitrogen and oxygen atoms in total. The summed E-state index contributed by atoms with van der Waals surface area (Å²) in [5.41, 5.74) is 0. The second-order valence-electron chi connectivity index (χ2n) is 3.41. The third kappa shape index (κ3) is 7.25. The Labute approximate surface area is 73.5 Å². The minimum atomic E-state index is -0.0288. The molecule has 0 radical (unpaired) electrons. The van der Waals surface area contributed by atoms with Gasteiger partial charge in [-0.3, -0.25) is 9.59 Å². The fraction of sp³-hybridized carbons (Fsp3) is 0.778. The number of carbonyl (C=O) groups excluding carboxylic acids is 2. The molecule has 0 aliphatic carbocycles. The number of ketones is 1. The first-order chi connectivity index (χ1) is 5.52. The van der Waals surface area contributed by atoms with Crippen LogP contribution in [0.5, 0.6) is 0 Å². The predicted molar refractivity (Wildman–Crippen MR) is 47.8 cm³/mol. The van der Waals surface area contributed by atoms with Crippen LogP contribution in [0.2, 0.25) is 0 Å². The smallest absolute Gasteiger partial charge is 0.220 e. The monoisotopic (exact) mass is 171 g/mol. The molecule has 70 valence electrons. The zero-order chi connectivity index (χ0) is 9.56. The molecule has 0 aliphatic rings. The minimum absolute atomic E-state index is 0.00658. The average molecular weight is 171 g/mol. The van der Waals surface area contributed by atoms with Gasteiger partial charge in [-0.1, -0.05) is 13.8 Å². The Morgan fingerprint density at radius 3 is 2.33 bits per heavy atom. The molecule has 0 aliphatic heterocycles. The van der Waals surface area contributed by atoms with E-state index in [4.69, 9.17) is 0 Å². The molecular weight excluding hydrogens is 154 g/mol. The van der Waals surface area contributed by atoms with E-state index in [9.17, 15) is 9.59 Å². The lowest BCUT2D eigenvalue weighted by molar-refractivity contribution is -0.124. The molecule has 0 saturated heterocycles. The van der Waals surface area contributed by atoms with Crippen LogP contribution in [-0.4, -0.2) is 18.2 Å². The van der Waals surface area contributed by atoms with E-state index in [0.29, 0.717) is 12.3 Å². The van der Waals surface area contributed by atoms with Crippen LogP contribution in [0.1, 0.15) is 33.6 Å². The van der Waals surface area contributed by atoms with Gasteiger partial charge >= 0.3 is 0 Å². The summed E-state index contributed by atoms with van der Waals surface area (Å²) < 4.78 is 0. The molecule has 0 aromatic rings. The van der Waals surface area contributed by atoms with Crippen molar-refractivity contribution in [3.63, 3.8) is 0 Å². The first kappa shape index (κ1) is 11.1. The number of rotatable bonds is 5. The van der Waals surface area contributed by atoms with Gasteiger partial charge in [-0.25, -0.2) is 0 Å². The summed E-state index contributed by atoms with van der Waals surface area (Å²) in [6, 6.07) is 0. The number of hydrogen-bond acceptors (Lipinski definition) is 2. The van der Waals surface area contributed by atoms with Gasteiger partial charge in [0.05, 0.1) is 6.54 Å². The molecule has 0 spiro atoms. The second kappa shape index (κ2) is 5.75. The number of Topliss-reactive ketones (excluding diaryl/α,β-unsaturated/α-hetero) is 1. The fourth-order valence-corrected chi connectivity index (χ4v) is 0.731. The lowest BCUT2D eigenvalue weighted by Gasteiger charge is -2.04. The lowest BCUT2D eigenvalue weighted by Crippen LogP contribution is -2.28. The Hall–Kier alpha value is -0.860. The van der Waals surface area contributed by atoms with E-state index >= 15 is 0 Å². The van der Waals surface area contributed by atoms with Crippen LogP contribution < -0.4 is 5.32 Å². The number of nitrogens with one attached hydrogen (secondary N) is 1. The van der Waals surface area contributed by atoms with Gasteiger partial charge in [-0.15, -0.1) is 0 Å². The first-order valence-electron chi connectivity index (χ1n) is 4.28. The molecule has 0 unspecified atom stereocenters. The summed E-state index contributed by atoms with van der Waals surface area (Å²) in [6.45, 7) is 5.76. The Balaban J connectivity index is 3.40. The first-order valence-corrected chi connectivity index (χ1v) is 4.28. The van der Waals surface area contributed by atoms with Crippen molar-refractivity contribution in [1.29, 1.82) is 0 Å². The highest BCUT2D eigenvalue weighted by atomic mass is 16.2. The normalized spacial score (nSPS) is 10.0. The molecule has 0 fully saturated rings. The highest BCUT2D eigenvalue weighted by Crippen LogP contribution is 2.02. The van der Waals surface area contributed by atoms with E-state index in [2.05, 4.69) is 19.2 Å². The molecule has 0 aromatic heterocycles. The molecule has 3 heteroatoms. The van der Waals surface area contributed by atoms with Gasteiger partial charge in [-0.05, 0) is 19.3 Å². The van der Waals surface area contributed by atoms with E-state index in [1.807, 2.05) is 0 Å². The van der Waals surface area contributed by atoms with E-state index in [1.165, 1.54) is 6.92 Å². The van der Waals surface area contributed by atoms with Gasteiger partial charge < -0.3 is 5.32 Å². The van der Waals surface area contributed by atoms with E-state index in [0.717, 1.165) is 6.42 Å². The minimum Gasteiger partial charge on any atom is -0.349 e. The molecule has 0 saturated carbocycles. The Bertz CT molecular complexity index is 164. The van der Waals surface area contributed by atoms with Crippen LogP contribution in [0.3, 0.4) is 0 Å². The van der Waals surface area contributed by atoms with Crippen molar-refractivity contribution in [2.45, 2.75) is 33.6 Å². The zero-order valence-electron chi connectivity index (χ0n) is 8.02. The SMILES string of the molecule is CC(=O)CNC(=O)CCC(C)C. The second-order valence-corrected chi connectivity index (χ2v) is 3.41. The highest BCUT2D eigenvalue weighted by molar-refractivity contribution is 5.84. The van der Waals surface area contributed by atoms with E-state index in [1.54, 1.807) is 0 Å². The molecule has 0 bridgehead atoms. The van der Waals surface area contributed by atoms with Gasteiger partial charge in [0.2, 0.25) is 5.91 Å². The van der Waals surface area contributed by atoms with Gasteiger partial charge in [0, 0.05) is 6.42 Å². The van der Waals surface area contributed by atoms with Crippen molar-refractivity contribution in [1.82, 2.24) is 5.32 Å². The van der Waals surface area contributed by atoms with Crippen LogP contribution in [0.4, 0.5) is 0 Å². The van der Waals surface area contributed by atoms with Gasteiger partial charge in [0.25, 0.3) is 0 Å². The van der Waals surface area contributed by atoms with Gasteiger partial charge in [0.1, 0.15) is 5.78 Å². The van der Waals surface area contributed by atoms with Crippen molar-refractivity contribution in [3.8, 4) is 0 Å². The fourth-order valence-electron chi connectivity index (χ4n) is 0.731. The van der Waals surface area contributed by atoms with Crippen LogP contribution in [-0.2, 0) is 9.59 Å². The van der Waals surface area contributed by atoms with E-state index in [-0.39, 0.29) is 18.2 Å². The third-order valence-electron chi connectivity index (χ3n) is 1.48. The lowest BCUT2D eigenvalue weighted by atomic mass is 10.1. The summed E-state index contributed by atoms with van der Waals surface area (Å²) in [5.74, 6) is 0.500. The van der Waals surface area contributed by atoms with Crippen molar-refractivity contribution in [2.75, 3.05) is 6.54 Å². The number of carbonyl (C=O) groups is 2. The topological polar surface area (TPSA) is 46.2 Å². The maximum atomic E-state index is 11.0. The standard InChI is InChI=1S/C9H17NO2/c1-7(2)4-5-9(12)10-6-8(3)11/h7H,4-6H2,1-3H3,(H,10,12). The molecule has 0 atom stereocenters. The Morgan fingerprint density at radius 2 is 1.92 bits per heavy atom. The van der Waals surface area contributed by atoms with Crippen LogP contribution in [0.15, 0.2) is 0 Å². The average Bonchev–Trinajstić information content (AvgIpc) is 1.96. The maximum Gasteiger partial charge on any atom is 0.220 e. The van der Waals surface area contributed by atoms with Crippen LogP contribution >= 0.6 is 0 Å². The summed E-state index contributed by atoms with van der Waals surface area (Å²) >= 11 is 0.